The number of fused-ring (bicyclic) bond motifs is 9. The van der Waals surface area contributed by atoms with Gasteiger partial charge >= 0.3 is 6.18 Å². The van der Waals surface area contributed by atoms with Crippen molar-refractivity contribution < 1.29 is 42.8 Å². The second-order valence-electron chi connectivity index (χ2n) is 12.9. The molecule has 4 N–H and O–H groups in total. The summed E-state index contributed by atoms with van der Waals surface area (Å²) < 4.78 is 51.3. The fraction of sp³-hybridized carbons (Fsp3) is 0.400. The van der Waals surface area contributed by atoms with Gasteiger partial charge < -0.3 is 30.1 Å². The number of nitrogens with one attached hydrogen (secondary N) is 1. The minimum atomic E-state index is -4.51. The number of nitrogens with zero attached hydrogens (tertiary/aromatic N) is 2. The molecular formula is C35H36F3N3O6. The van der Waals surface area contributed by atoms with Crippen molar-refractivity contribution in [2.45, 2.75) is 70.2 Å². The van der Waals surface area contributed by atoms with E-state index < -0.39 is 36.0 Å². The van der Waals surface area contributed by atoms with E-state index in [0.717, 1.165) is 34.4 Å². The molecule has 4 aliphatic heterocycles. The summed E-state index contributed by atoms with van der Waals surface area (Å²) in [4.78, 5) is 17.2. The van der Waals surface area contributed by atoms with Crippen LogP contribution in [0.1, 0.15) is 62.2 Å². The molecule has 3 aromatic carbocycles. The van der Waals surface area contributed by atoms with Crippen molar-refractivity contribution in [3.63, 3.8) is 0 Å². The quantitative estimate of drug-likeness (QED) is 0.298. The monoisotopic (exact) mass is 651 g/mol. The van der Waals surface area contributed by atoms with E-state index in [-0.39, 0.29) is 42.5 Å². The molecule has 0 aliphatic carbocycles. The first-order valence-electron chi connectivity index (χ1n) is 15.5. The van der Waals surface area contributed by atoms with Crippen molar-refractivity contribution in [2.75, 3.05) is 20.4 Å². The van der Waals surface area contributed by atoms with Gasteiger partial charge in [0.1, 0.15) is 17.7 Å². The maximum Gasteiger partial charge on any atom is 0.416 e. The van der Waals surface area contributed by atoms with E-state index in [0.29, 0.717) is 41.0 Å². The molecule has 3 aromatic rings. The van der Waals surface area contributed by atoms with Crippen LogP contribution in [-0.2, 0) is 23.8 Å². The van der Waals surface area contributed by atoms with E-state index in [2.05, 4.69) is 16.3 Å². The summed E-state index contributed by atoms with van der Waals surface area (Å²) in [5.41, 5.74) is 4.65. The van der Waals surface area contributed by atoms with Crippen LogP contribution in [0.15, 0.2) is 36.4 Å². The molecule has 47 heavy (non-hydrogen) atoms. The molecule has 1 fully saturated rings. The molecule has 0 aromatic heterocycles. The number of alkyl halides is 3. The largest absolute Gasteiger partial charge is 0.507 e. The van der Waals surface area contributed by atoms with E-state index in [9.17, 15) is 33.3 Å². The second kappa shape index (κ2) is 11.2. The van der Waals surface area contributed by atoms with E-state index in [1.165, 1.54) is 24.3 Å². The van der Waals surface area contributed by atoms with E-state index in [1.54, 1.807) is 6.92 Å². The van der Waals surface area contributed by atoms with Crippen LogP contribution in [-0.4, -0.2) is 69.7 Å². The smallest absolute Gasteiger partial charge is 0.416 e. The van der Waals surface area contributed by atoms with Gasteiger partial charge in [-0.05, 0) is 81.1 Å². The zero-order valence-corrected chi connectivity index (χ0v) is 26.4. The number of rotatable bonds is 4. The Bertz CT molecular complexity index is 1830. The van der Waals surface area contributed by atoms with Crippen molar-refractivity contribution in [1.82, 2.24) is 15.1 Å². The van der Waals surface area contributed by atoms with Crippen LogP contribution in [0.2, 0.25) is 0 Å². The lowest BCUT2D eigenvalue weighted by Gasteiger charge is -2.60. The molecule has 1 amide bonds. The number of benzene rings is 3. The molecule has 7 rings (SSSR count). The Balaban J connectivity index is 1.28. The van der Waals surface area contributed by atoms with Gasteiger partial charge in [0.15, 0.2) is 11.5 Å². The van der Waals surface area contributed by atoms with Gasteiger partial charge in [-0.25, -0.2) is 0 Å². The number of carbonyl (C=O) groups excluding carboxylic acids is 1. The van der Waals surface area contributed by atoms with Crippen molar-refractivity contribution in [2.24, 2.45) is 0 Å². The number of aliphatic hydroxyl groups is 1. The van der Waals surface area contributed by atoms with Crippen molar-refractivity contribution >= 4 is 12.0 Å². The predicted octanol–water partition coefficient (Wildman–Crippen LogP) is 4.80. The number of hydrogen-bond donors (Lipinski definition) is 4. The molecule has 4 heterocycles. The molecule has 0 radical (unpaired) electrons. The van der Waals surface area contributed by atoms with Gasteiger partial charge in [-0.2, -0.15) is 13.2 Å². The number of carbonyl (C=O) groups is 1. The molecule has 1 unspecified atom stereocenters. The Morgan fingerprint density at radius 2 is 1.77 bits per heavy atom. The first-order chi connectivity index (χ1) is 22.3. The van der Waals surface area contributed by atoms with E-state index >= 15 is 0 Å². The number of ether oxygens (including phenoxy) is 2. The average Bonchev–Trinajstić information content (AvgIpc) is 3.52. The number of phenols is 2. The molecule has 2 bridgehead atoms. The predicted molar refractivity (Wildman–Crippen MR) is 166 cm³/mol. The normalized spacial score (nSPS) is 25.0. The number of piperazine rings is 1. The summed E-state index contributed by atoms with van der Waals surface area (Å²) in [5, 5.41) is 37.9. The number of phenolic OH excluding ortho intramolecular Hbond substituents is 2. The Labute approximate surface area is 269 Å². The molecule has 248 valence electrons. The first kappa shape index (κ1) is 31.3. The molecule has 0 saturated carbocycles. The highest BCUT2D eigenvalue weighted by Gasteiger charge is 2.56. The number of amides is 1. The Kier molecular flexibility index (Phi) is 7.45. The highest BCUT2D eigenvalue weighted by molar-refractivity contribution is 5.91. The van der Waals surface area contributed by atoms with Crippen molar-refractivity contribution in [3.05, 3.63) is 86.5 Å². The van der Waals surface area contributed by atoms with Gasteiger partial charge in [-0.15, -0.1) is 0 Å². The number of halogens is 3. The third kappa shape index (κ3) is 4.92. The Morgan fingerprint density at radius 3 is 2.51 bits per heavy atom. The molecule has 12 heteroatoms. The minimum absolute atomic E-state index is 0.0143. The van der Waals surface area contributed by atoms with E-state index in [1.807, 2.05) is 25.8 Å². The second-order valence-corrected chi connectivity index (χ2v) is 12.9. The highest BCUT2D eigenvalue weighted by Crippen LogP contribution is 2.57. The van der Waals surface area contributed by atoms with Gasteiger partial charge in [0, 0.05) is 40.9 Å². The number of hydrogen-bond acceptors (Lipinski definition) is 8. The highest BCUT2D eigenvalue weighted by atomic mass is 19.4. The first-order valence-corrected chi connectivity index (χ1v) is 15.5. The molecule has 4 aliphatic rings. The zero-order valence-electron chi connectivity index (χ0n) is 26.4. The fourth-order valence-corrected chi connectivity index (χ4v) is 7.96. The third-order valence-electron chi connectivity index (χ3n) is 10.4. The lowest BCUT2D eigenvalue weighted by molar-refractivity contribution is -0.172. The van der Waals surface area contributed by atoms with Crippen molar-refractivity contribution in [1.29, 1.82) is 0 Å². The lowest BCUT2D eigenvalue weighted by Crippen LogP contribution is -2.69. The Morgan fingerprint density at radius 1 is 1.02 bits per heavy atom. The minimum Gasteiger partial charge on any atom is -0.507 e. The number of aromatic hydroxyl groups is 2. The van der Waals surface area contributed by atoms with Gasteiger partial charge in [-0.3, -0.25) is 14.6 Å². The van der Waals surface area contributed by atoms with Gasteiger partial charge in [0.05, 0.1) is 23.7 Å². The summed E-state index contributed by atoms with van der Waals surface area (Å²) in [6.07, 6.45) is -2.21. The maximum absolute atomic E-state index is 13.2. The average molecular weight is 652 g/mol. The number of aliphatic hydroxyl groups excluding tert-OH is 1. The van der Waals surface area contributed by atoms with Crippen LogP contribution in [0.3, 0.4) is 0 Å². The maximum atomic E-state index is 13.2. The number of likely N-dealkylation sites (N-methyl/N-ethyl adjacent to an activating group) is 1. The fourth-order valence-electron chi connectivity index (χ4n) is 7.96. The van der Waals surface area contributed by atoms with Gasteiger partial charge in [0.25, 0.3) is 0 Å². The van der Waals surface area contributed by atoms with Crippen LogP contribution in [0.5, 0.6) is 23.0 Å². The summed E-state index contributed by atoms with van der Waals surface area (Å²) >= 11 is 0. The van der Waals surface area contributed by atoms with Gasteiger partial charge in [0.2, 0.25) is 12.7 Å². The third-order valence-corrected chi connectivity index (χ3v) is 10.4. The van der Waals surface area contributed by atoms with Crippen LogP contribution >= 0.6 is 0 Å². The summed E-state index contributed by atoms with van der Waals surface area (Å²) in [5.74, 6) is 0.559. The summed E-state index contributed by atoms with van der Waals surface area (Å²) in [6.45, 7) is 5.51. The standard InChI is InChI=1S/C35H36F3N3O6/c1-16-10-20-12-24-34(45)41-23(29(40(24)4)27(20)31(44)17(16)2)13-22-28(33-32(46-15-47-33)18(3)30(22)43)25(41)14-39-26(42)9-8-19-6-5-7-21(11-19)35(36,37)38/h5-11,23-25,29,34,43-45H,12-15H2,1-4H3,(H,39,42)/b9-8+/t23?,24-,25-,29-,34-/m0/s1. The van der Waals surface area contributed by atoms with E-state index in [4.69, 9.17) is 9.47 Å². The van der Waals surface area contributed by atoms with Crippen LogP contribution in [0.4, 0.5) is 13.2 Å². The molecule has 1 saturated heterocycles. The molecular weight excluding hydrogens is 615 g/mol. The number of aryl methyl sites for hydroxylation is 1. The topological polar surface area (TPSA) is 115 Å². The zero-order chi connectivity index (χ0) is 33.5. The molecule has 0 spiro atoms. The molecule has 9 nitrogen and oxygen atoms in total. The summed E-state index contributed by atoms with van der Waals surface area (Å²) in [6, 6.07) is 4.98. The lowest BCUT2D eigenvalue weighted by atomic mass is 9.73. The summed E-state index contributed by atoms with van der Waals surface area (Å²) in [7, 11) is 1.93. The Hall–Kier alpha value is -4.26. The van der Waals surface area contributed by atoms with Crippen molar-refractivity contribution in [3.8, 4) is 23.0 Å². The van der Waals surface area contributed by atoms with Gasteiger partial charge in [-0.1, -0.05) is 18.2 Å². The molecule has 5 atom stereocenters. The van der Waals surface area contributed by atoms with Crippen LogP contribution in [0.25, 0.3) is 6.08 Å². The van der Waals surface area contributed by atoms with Crippen LogP contribution in [0, 0.1) is 20.8 Å². The SMILES string of the molecule is Cc1cc2c(c(O)c1C)[C@@H]1C3Cc4c(O)c(C)c5c(c4[C@H](CNC(=O)/C=C/c4cccc(C(F)(F)F)c4)N3[C@@H](O)[C@H](C2)N1C)OCO5. The van der Waals surface area contributed by atoms with Crippen LogP contribution < -0.4 is 14.8 Å².